The zero-order chi connectivity index (χ0) is 15.7. The standard InChI is InChI=1S/C16H25BO4/c1-12-7-8-13(19-10-6-9-18)11-14(12)17-20-15(2,3)16(4,5)21-17/h7-8,11,18H,6,9-10H2,1-5H3. The number of aliphatic hydroxyl groups excluding tert-OH is 1. The van der Waals surface area contributed by atoms with Crippen molar-refractivity contribution in [2.24, 2.45) is 0 Å². The van der Waals surface area contributed by atoms with Gasteiger partial charge in [-0.3, -0.25) is 0 Å². The molecule has 0 saturated carbocycles. The number of benzene rings is 1. The second-order valence-corrected chi connectivity index (χ2v) is 6.53. The first-order chi connectivity index (χ1) is 9.77. The number of aliphatic hydroxyl groups is 1. The molecule has 0 bridgehead atoms. The number of ether oxygens (including phenoxy) is 1. The molecule has 0 aliphatic carbocycles. The van der Waals surface area contributed by atoms with Crippen LogP contribution < -0.4 is 10.2 Å². The van der Waals surface area contributed by atoms with Crippen molar-refractivity contribution in [3.8, 4) is 5.75 Å². The maximum atomic E-state index is 8.81. The summed E-state index contributed by atoms with van der Waals surface area (Å²) in [6, 6.07) is 5.91. The van der Waals surface area contributed by atoms with Crippen LogP contribution in [-0.2, 0) is 9.31 Å². The van der Waals surface area contributed by atoms with E-state index in [2.05, 4.69) is 0 Å². The van der Waals surface area contributed by atoms with Crippen LogP contribution in [0, 0.1) is 6.92 Å². The van der Waals surface area contributed by atoms with Gasteiger partial charge in [0.25, 0.3) is 0 Å². The first kappa shape index (κ1) is 16.3. The van der Waals surface area contributed by atoms with Crippen LogP contribution in [0.3, 0.4) is 0 Å². The zero-order valence-corrected chi connectivity index (χ0v) is 13.6. The predicted octanol–water partition coefficient (Wildman–Crippen LogP) is 2.06. The normalized spacial score (nSPS) is 19.8. The van der Waals surface area contributed by atoms with Gasteiger partial charge in [0.05, 0.1) is 17.8 Å². The van der Waals surface area contributed by atoms with Crippen LogP contribution in [0.4, 0.5) is 0 Å². The van der Waals surface area contributed by atoms with Crippen LogP contribution >= 0.6 is 0 Å². The molecule has 116 valence electrons. The van der Waals surface area contributed by atoms with Crippen LogP contribution in [0.15, 0.2) is 18.2 Å². The highest BCUT2D eigenvalue weighted by Gasteiger charge is 2.52. The maximum absolute atomic E-state index is 8.81. The Hall–Kier alpha value is -1.04. The van der Waals surface area contributed by atoms with Gasteiger partial charge in [-0.25, -0.2) is 0 Å². The minimum absolute atomic E-state index is 0.135. The third-order valence-electron chi connectivity index (χ3n) is 4.33. The molecule has 1 saturated heterocycles. The highest BCUT2D eigenvalue weighted by Crippen LogP contribution is 2.36. The lowest BCUT2D eigenvalue weighted by Gasteiger charge is -2.32. The molecule has 1 heterocycles. The number of hydrogen-bond acceptors (Lipinski definition) is 4. The van der Waals surface area contributed by atoms with Crippen molar-refractivity contribution in [2.75, 3.05) is 13.2 Å². The van der Waals surface area contributed by atoms with E-state index in [9.17, 15) is 0 Å². The third-order valence-corrected chi connectivity index (χ3v) is 4.33. The van der Waals surface area contributed by atoms with E-state index in [1.54, 1.807) is 0 Å². The molecule has 1 fully saturated rings. The lowest BCUT2D eigenvalue weighted by atomic mass is 9.76. The molecule has 0 atom stereocenters. The van der Waals surface area contributed by atoms with E-state index < -0.39 is 0 Å². The highest BCUT2D eigenvalue weighted by molar-refractivity contribution is 6.62. The van der Waals surface area contributed by atoms with Crippen molar-refractivity contribution in [1.29, 1.82) is 0 Å². The Balaban J connectivity index is 2.18. The van der Waals surface area contributed by atoms with Crippen LogP contribution in [0.1, 0.15) is 39.7 Å². The summed E-state index contributed by atoms with van der Waals surface area (Å²) in [5.74, 6) is 0.777. The van der Waals surface area contributed by atoms with Gasteiger partial charge < -0.3 is 19.2 Å². The van der Waals surface area contributed by atoms with Crippen LogP contribution in [-0.4, -0.2) is 36.6 Å². The Bertz CT molecular complexity index is 483. The van der Waals surface area contributed by atoms with Gasteiger partial charge in [0, 0.05) is 13.0 Å². The van der Waals surface area contributed by atoms with Gasteiger partial charge in [0.1, 0.15) is 5.75 Å². The Morgan fingerprint density at radius 2 is 1.76 bits per heavy atom. The molecule has 2 rings (SSSR count). The molecule has 1 aliphatic heterocycles. The Labute approximate surface area is 127 Å². The number of rotatable bonds is 5. The molecule has 4 nitrogen and oxygen atoms in total. The lowest BCUT2D eigenvalue weighted by Crippen LogP contribution is -2.41. The third kappa shape index (κ3) is 3.42. The van der Waals surface area contributed by atoms with E-state index in [1.165, 1.54) is 0 Å². The molecule has 1 aromatic carbocycles. The predicted molar refractivity (Wildman–Crippen MR) is 84.1 cm³/mol. The topological polar surface area (TPSA) is 47.9 Å². The molecule has 0 amide bonds. The molecule has 1 aromatic rings. The highest BCUT2D eigenvalue weighted by atomic mass is 16.7. The van der Waals surface area contributed by atoms with Crippen molar-refractivity contribution in [3.05, 3.63) is 23.8 Å². The summed E-state index contributed by atoms with van der Waals surface area (Å²) in [6.07, 6.45) is 0.625. The fourth-order valence-electron chi connectivity index (χ4n) is 2.19. The summed E-state index contributed by atoms with van der Waals surface area (Å²) in [4.78, 5) is 0. The van der Waals surface area contributed by atoms with E-state index in [0.717, 1.165) is 16.8 Å². The summed E-state index contributed by atoms with van der Waals surface area (Å²) in [6.45, 7) is 10.9. The Morgan fingerprint density at radius 3 is 2.33 bits per heavy atom. The van der Waals surface area contributed by atoms with E-state index in [4.69, 9.17) is 19.2 Å². The largest absolute Gasteiger partial charge is 0.495 e. The maximum Gasteiger partial charge on any atom is 0.495 e. The van der Waals surface area contributed by atoms with Crippen molar-refractivity contribution < 1.29 is 19.2 Å². The smallest absolute Gasteiger partial charge is 0.494 e. The average Bonchev–Trinajstić information content (AvgIpc) is 2.60. The van der Waals surface area contributed by atoms with Gasteiger partial charge in [-0.15, -0.1) is 0 Å². The Morgan fingerprint density at radius 1 is 1.14 bits per heavy atom. The molecule has 1 aliphatic rings. The fourth-order valence-corrected chi connectivity index (χ4v) is 2.19. The average molecular weight is 292 g/mol. The van der Waals surface area contributed by atoms with Gasteiger partial charge >= 0.3 is 7.12 Å². The quantitative estimate of drug-likeness (QED) is 0.666. The monoisotopic (exact) mass is 292 g/mol. The van der Waals surface area contributed by atoms with Gasteiger partial charge in [0.15, 0.2) is 0 Å². The minimum atomic E-state index is -0.378. The van der Waals surface area contributed by atoms with Crippen molar-refractivity contribution in [2.45, 2.75) is 52.2 Å². The molecule has 21 heavy (non-hydrogen) atoms. The number of aryl methyl sites for hydroxylation is 1. The second-order valence-electron chi connectivity index (χ2n) is 6.53. The SMILES string of the molecule is Cc1ccc(OCCCO)cc1B1OC(C)(C)C(C)(C)O1. The molecule has 0 unspecified atom stereocenters. The van der Waals surface area contributed by atoms with E-state index in [1.807, 2.05) is 52.8 Å². The molecular weight excluding hydrogens is 267 g/mol. The van der Waals surface area contributed by atoms with Crippen LogP contribution in [0.5, 0.6) is 5.75 Å². The molecule has 0 radical (unpaired) electrons. The van der Waals surface area contributed by atoms with Gasteiger partial charge in [-0.1, -0.05) is 11.6 Å². The second kappa shape index (κ2) is 5.99. The summed E-state index contributed by atoms with van der Waals surface area (Å²) < 4.78 is 17.8. The zero-order valence-electron chi connectivity index (χ0n) is 13.6. The van der Waals surface area contributed by atoms with Gasteiger partial charge in [-0.05, 0) is 52.2 Å². The molecule has 5 heteroatoms. The van der Waals surface area contributed by atoms with Crippen molar-refractivity contribution in [1.82, 2.24) is 0 Å². The van der Waals surface area contributed by atoms with E-state index in [-0.39, 0.29) is 24.9 Å². The first-order valence-corrected chi connectivity index (χ1v) is 7.47. The van der Waals surface area contributed by atoms with Crippen LogP contribution in [0.2, 0.25) is 0 Å². The van der Waals surface area contributed by atoms with E-state index >= 15 is 0 Å². The summed E-state index contributed by atoms with van der Waals surface area (Å²) in [5, 5.41) is 8.81. The minimum Gasteiger partial charge on any atom is -0.494 e. The molecule has 0 aromatic heterocycles. The van der Waals surface area contributed by atoms with Gasteiger partial charge in [0.2, 0.25) is 0 Å². The summed E-state index contributed by atoms with van der Waals surface area (Å²) in [5.41, 5.74) is 1.41. The van der Waals surface area contributed by atoms with E-state index in [0.29, 0.717) is 13.0 Å². The van der Waals surface area contributed by atoms with Gasteiger partial charge in [-0.2, -0.15) is 0 Å². The fraction of sp³-hybridized carbons (Fsp3) is 0.625. The van der Waals surface area contributed by atoms with Crippen molar-refractivity contribution >= 4 is 12.6 Å². The first-order valence-electron chi connectivity index (χ1n) is 7.47. The van der Waals surface area contributed by atoms with Crippen molar-refractivity contribution in [3.63, 3.8) is 0 Å². The molecular formula is C16H25BO4. The molecule has 0 spiro atoms. The summed E-state index contributed by atoms with van der Waals surface area (Å²) in [7, 11) is -0.378. The lowest BCUT2D eigenvalue weighted by molar-refractivity contribution is 0.00578. The molecule has 1 N–H and O–H groups in total. The van der Waals surface area contributed by atoms with Crippen LogP contribution in [0.25, 0.3) is 0 Å². The Kier molecular flexibility index (Phi) is 4.66. The number of hydrogen-bond donors (Lipinski definition) is 1. The summed E-state index contributed by atoms with van der Waals surface area (Å²) >= 11 is 0.